The van der Waals surface area contributed by atoms with Gasteiger partial charge in [0, 0.05) is 19.6 Å². The second-order valence-corrected chi connectivity index (χ2v) is 4.62. The van der Waals surface area contributed by atoms with Crippen LogP contribution >= 0.6 is 0 Å². The molecule has 0 bridgehead atoms. The Labute approximate surface area is 106 Å². The van der Waals surface area contributed by atoms with E-state index in [1.807, 2.05) is 6.20 Å². The number of anilines is 2. The highest BCUT2D eigenvalue weighted by molar-refractivity contribution is 5.87. The zero-order chi connectivity index (χ0) is 12.4. The summed E-state index contributed by atoms with van der Waals surface area (Å²) in [7, 11) is 0. The first-order valence-electron chi connectivity index (χ1n) is 6.58. The van der Waals surface area contributed by atoms with Crippen LogP contribution in [0, 0.1) is 0 Å². The van der Waals surface area contributed by atoms with Crippen LogP contribution in [0.2, 0.25) is 0 Å². The van der Waals surface area contributed by atoms with Gasteiger partial charge in [0.15, 0.2) is 5.65 Å². The Hall–Kier alpha value is -1.85. The number of nitrogens with zero attached hydrogens (tertiary/aromatic N) is 4. The fourth-order valence-corrected chi connectivity index (χ4v) is 2.31. The third kappa shape index (κ3) is 1.98. The predicted molar refractivity (Wildman–Crippen MR) is 71.9 cm³/mol. The van der Waals surface area contributed by atoms with E-state index in [1.165, 1.54) is 12.8 Å². The standard InChI is InChI=1S/C12H18N6/c1-2-5-13-12-15-10-9(8-14-17-10)11(16-12)18-6-3-4-7-18/h8H,2-7H2,1H3,(H2,13,14,15,16,17). The van der Waals surface area contributed by atoms with Crippen LogP contribution in [0.5, 0.6) is 0 Å². The van der Waals surface area contributed by atoms with E-state index >= 15 is 0 Å². The van der Waals surface area contributed by atoms with Gasteiger partial charge >= 0.3 is 0 Å². The van der Waals surface area contributed by atoms with Gasteiger partial charge in [-0.2, -0.15) is 15.1 Å². The van der Waals surface area contributed by atoms with Crippen LogP contribution in [-0.2, 0) is 0 Å². The lowest BCUT2D eigenvalue weighted by Gasteiger charge is -2.17. The third-order valence-electron chi connectivity index (χ3n) is 3.23. The molecule has 96 valence electrons. The van der Waals surface area contributed by atoms with Crippen molar-refractivity contribution < 1.29 is 0 Å². The molecule has 3 heterocycles. The second kappa shape index (κ2) is 4.80. The van der Waals surface area contributed by atoms with Crippen molar-refractivity contribution in [2.75, 3.05) is 29.9 Å². The molecule has 0 saturated carbocycles. The van der Waals surface area contributed by atoms with Gasteiger partial charge in [-0.3, -0.25) is 5.10 Å². The lowest BCUT2D eigenvalue weighted by Crippen LogP contribution is -2.20. The fourth-order valence-electron chi connectivity index (χ4n) is 2.31. The monoisotopic (exact) mass is 246 g/mol. The molecule has 0 atom stereocenters. The summed E-state index contributed by atoms with van der Waals surface area (Å²) < 4.78 is 0. The summed E-state index contributed by atoms with van der Waals surface area (Å²) in [6, 6.07) is 0. The smallest absolute Gasteiger partial charge is 0.226 e. The Bertz CT molecular complexity index is 528. The van der Waals surface area contributed by atoms with Gasteiger partial charge in [-0.1, -0.05) is 6.92 Å². The molecule has 6 nitrogen and oxygen atoms in total. The van der Waals surface area contributed by atoms with Crippen molar-refractivity contribution in [3.05, 3.63) is 6.20 Å². The van der Waals surface area contributed by atoms with Gasteiger partial charge < -0.3 is 10.2 Å². The van der Waals surface area contributed by atoms with Crippen molar-refractivity contribution in [2.45, 2.75) is 26.2 Å². The van der Waals surface area contributed by atoms with Gasteiger partial charge in [0.1, 0.15) is 5.82 Å². The predicted octanol–water partition coefficient (Wildman–Crippen LogP) is 1.77. The molecule has 0 radical (unpaired) electrons. The number of fused-ring (bicyclic) bond motifs is 1. The van der Waals surface area contributed by atoms with E-state index in [4.69, 9.17) is 0 Å². The first-order valence-corrected chi connectivity index (χ1v) is 6.58. The number of hydrogen-bond acceptors (Lipinski definition) is 5. The summed E-state index contributed by atoms with van der Waals surface area (Å²) in [5, 5.41) is 11.3. The van der Waals surface area contributed by atoms with Crippen LogP contribution in [0.25, 0.3) is 11.0 Å². The maximum Gasteiger partial charge on any atom is 0.226 e. The van der Waals surface area contributed by atoms with Gasteiger partial charge in [0.05, 0.1) is 11.6 Å². The average molecular weight is 246 g/mol. The minimum absolute atomic E-state index is 0.690. The Morgan fingerprint density at radius 3 is 2.94 bits per heavy atom. The van der Waals surface area contributed by atoms with Crippen LogP contribution in [0.1, 0.15) is 26.2 Å². The molecule has 0 amide bonds. The normalized spacial score (nSPS) is 15.5. The van der Waals surface area contributed by atoms with Crippen LogP contribution < -0.4 is 10.2 Å². The zero-order valence-electron chi connectivity index (χ0n) is 10.6. The van der Waals surface area contributed by atoms with E-state index in [1.54, 1.807) is 0 Å². The maximum atomic E-state index is 4.64. The molecule has 3 rings (SSSR count). The summed E-state index contributed by atoms with van der Waals surface area (Å²) >= 11 is 0. The summed E-state index contributed by atoms with van der Waals surface area (Å²) in [6.07, 6.45) is 5.35. The molecule has 0 aromatic carbocycles. The van der Waals surface area contributed by atoms with Crippen LogP contribution in [0.3, 0.4) is 0 Å². The molecule has 1 aliphatic rings. The van der Waals surface area contributed by atoms with Crippen molar-refractivity contribution in [1.29, 1.82) is 0 Å². The van der Waals surface area contributed by atoms with Gasteiger partial charge in [-0.25, -0.2) is 0 Å². The Kier molecular flexibility index (Phi) is 3.00. The van der Waals surface area contributed by atoms with E-state index < -0.39 is 0 Å². The number of H-pyrrole nitrogens is 1. The maximum absolute atomic E-state index is 4.64. The van der Waals surface area contributed by atoms with E-state index in [-0.39, 0.29) is 0 Å². The molecule has 2 N–H and O–H groups in total. The van der Waals surface area contributed by atoms with E-state index in [0.29, 0.717) is 5.95 Å². The highest BCUT2D eigenvalue weighted by Crippen LogP contribution is 2.26. The molecule has 1 aliphatic heterocycles. The molecule has 0 aliphatic carbocycles. The van der Waals surface area contributed by atoms with E-state index in [2.05, 4.69) is 37.3 Å². The Balaban J connectivity index is 2.00. The highest BCUT2D eigenvalue weighted by Gasteiger charge is 2.18. The molecule has 2 aromatic heterocycles. The fraction of sp³-hybridized carbons (Fsp3) is 0.583. The number of aromatic amines is 1. The minimum Gasteiger partial charge on any atom is -0.356 e. The molecule has 1 saturated heterocycles. The first kappa shape index (κ1) is 11.3. The molecule has 1 fully saturated rings. The highest BCUT2D eigenvalue weighted by atomic mass is 15.3. The first-order chi connectivity index (χ1) is 8.88. The number of rotatable bonds is 4. The summed E-state index contributed by atoms with van der Waals surface area (Å²) in [6.45, 7) is 5.16. The van der Waals surface area contributed by atoms with Crippen molar-refractivity contribution in [3.8, 4) is 0 Å². The SMILES string of the molecule is CCCNc1nc(N2CCCC2)c2cn[nH]c2n1. The van der Waals surface area contributed by atoms with Crippen molar-refractivity contribution in [2.24, 2.45) is 0 Å². The van der Waals surface area contributed by atoms with Crippen molar-refractivity contribution in [1.82, 2.24) is 20.2 Å². The number of nitrogens with one attached hydrogen (secondary N) is 2. The minimum atomic E-state index is 0.690. The van der Waals surface area contributed by atoms with Gasteiger partial charge in [0.2, 0.25) is 5.95 Å². The number of hydrogen-bond donors (Lipinski definition) is 2. The molecular formula is C12H18N6. The lowest BCUT2D eigenvalue weighted by molar-refractivity contribution is 0.921. The second-order valence-electron chi connectivity index (χ2n) is 4.62. The van der Waals surface area contributed by atoms with Gasteiger partial charge in [0.25, 0.3) is 0 Å². The van der Waals surface area contributed by atoms with E-state index in [0.717, 1.165) is 42.9 Å². The summed E-state index contributed by atoms with van der Waals surface area (Å²) in [5.41, 5.74) is 0.811. The van der Waals surface area contributed by atoms with Crippen LogP contribution in [-0.4, -0.2) is 39.8 Å². The molecule has 2 aromatic rings. The quantitative estimate of drug-likeness (QED) is 0.860. The van der Waals surface area contributed by atoms with Crippen LogP contribution in [0.15, 0.2) is 6.20 Å². The number of aromatic nitrogens is 4. The van der Waals surface area contributed by atoms with Crippen LogP contribution in [0.4, 0.5) is 11.8 Å². The van der Waals surface area contributed by atoms with Crippen molar-refractivity contribution in [3.63, 3.8) is 0 Å². The summed E-state index contributed by atoms with van der Waals surface area (Å²) in [4.78, 5) is 11.4. The molecule has 0 unspecified atom stereocenters. The molecule has 18 heavy (non-hydrogen) atoms. The van der Waals surface area contributed by atoms with Crippen molar-refractivity contribution >= 4 is 22.8 Å². The Morgan fingerprint density at radius 2 is 2.17 bits per heavy atom. The summed E-state index contributed by atoms with van der Waals surface area (Å²) in [5.74, 6) is 1.69. The third-order valence-corrected chi connectivity index (χ3v) is 3.23. The largest absolute Gasteiger partial charge is 0.356 e. The molecule has 6 heteroatoms. The topological polar surface area (TPSA) is 69.7 Å². The zero-order valence-corrected chi connectivity index (χ0v) is 10.6. The van der Waals surface area contributed by atoms with E-state index in [9.17, 15) is 0 Å². The van der Waals surface area contributed by atoms with Gasteiger partial charge in [-0.15, -0.1) is 0 Å². The van der Waals surface area contributed by atoms with Gasteiger partial charge in [-0.05, 0) is 19.3 Å². The molecule has 0 spiro atoms. The lowest BCUT2D eigenvalue weighted by atomic mass is 10.3. The average Bonchev–Trinajstić information content (AvgIpc) is 3.05. The molecular weight excluding hydrogens is 228 g/mol. The Morgan fingerprint density at radius 1 is 1.33 bits per heavy atom.